The molecule has 7 heteroatoms. The van der Waals surface area contributed by atoms with Crippen molar-refractivity contribution in [2.75, 3.05) is 13.1 Å². The Balaban J connectivity index is 1.76. The SMILES string of the molecule is Cc1nn(C)cc1-c1ccc(C(=O)N[C@@H]2CCN(C#N)C2)cc1F. The first-order valence-corrected chi connectivity index (χ1v) is 7.73. The van der Waals surface area contributed by atoms with Crippen molar-refractivity contribution in [1.29, 1.82) is 5.26 Å². The molecule has 1 aliphatic rings. The topological polar surface area (TPSA) is 74.0 Å². The zero-order valence-corrected chi connectivity index (χ0v) is 13.6. The van der Waals surface area contributed by atoms with Crippen LogP contribution in [0.5, 0.6) is 0 Å². The Morgan fingerprint density at radius 2 is 2.25 bits per heavy atom. The average molecular weight is 327 g/mol. The summed E-state index contributed by atoms with van der Waals surface area (Å²) in [6.07, 6.45) is 4.53. The van der Waals surface area contributed by atoms with E-state index >= 15 is 0 Å². The van der Waals surface area contributed by atoms with Gasteiger partial charge >= 0.3 is 0 Å². The average Bonchev–Trinajstić information content (AvgIpc) is 3.13. The largest absolute Gasteiger partial charge is 0.347 e. The third kappa shape index (κ3) is 3.08. The lowest BCUT2D eigenvalue weighted by Gasteiger charge is -2.13. The van der Waals surface area contributed by atoms with Gasteiger partial charge < -0.3 is 10.2 Å². The third-order valence-electron chi connectivity index (χ3n) is 4.20. The van der Waals surface area contributed by atoms with Crippen LogP contribution in [-0.4, -0.2) is 39.7 Å². The van der Waals surface area contributed by atoms with Crippen LogP contribution in [0, 0.1) is 24.2 Å². The number of hydrogen-bond acceptors (Lipinski definition) is 4. The standard InChI is InChI=1S/C17H18FN5O/c1-11-15(9-22(2)21-11)14-4-3-12(7-16(14)18)17(24)20-13-5-6-23(8-13)10-19/h3-4,7,9,13H,5-6,8H2,1-2H3,(H,20,24)/t13-/m1/s1. The fraction of sp³-hybridized carbons (Fsp3) is 0.353. The molecular weight excluding hydrogens is 309 g/mol. The van der Waals surface area contributed by atoms with E-state index in [0.29, 0.717) is 24.2 Å². The Labute approximate surface area is 139 Å². The Morgan fingerprint density at radius 3 is 2.83 bits per heavy atom. The summed E-state index contributed by atoms with van der Waals surface area (Å²) in [5.74, 6) is -0.781. The number of carbonyl (C=O) groups excluding carboxylic acids is 1. The van der Waals surface area contributed by atoms with E-state index in [0.717, 1.165) is 12.1 Å². The van der Waals surface area contributed by atoms with Crippen molar-refractivity contribution in [2.45, 2.75) is 19.4 Å². The van der Waals surface area contributed by atoms with Crippen LogP contribution in [0.25, 0.3) is 11.1 Å². The number of halogens is 1. The van der Waals surface area contributed by atoms with Crippen molar-refractivity contribution in [3.8, 4) is 17.3 Å². The number of benzene rings is 1. The number of nitrogens with one attached hydrogen (secondary N) is 1. The van der Waals surface area contributed by atoms with Gasteiger partial charge in [-0.25, -0.2) is 4.39 Å². The summed E-state index contributed by atoms with van der Waals surface area (Å²) >= 11 is 0. The van der Waals surface area contributed by atoms with Gasteiger partial charge in [-0.2, -0.15) is 10.4 Å². The van der Waals surface area contributed by atoms with Crippen LogP contribution in [0.15, 0.2) is 24.4 Å². The van der Waals surface area contributed by atoms with E-state index in [9.17, 15) is 9.18 Å². The van der Waals surface area contributed by atoms with Crippen molar-refractivity contribution >= 4 is 5.91 Å². The van der Waals surface area contributed by atoms with Gasteiger partial charge in [-0.1, -0.05) is 6.07 Å². The van der Waals surface area contributed by atoms with Crippen LogP contribution in [0.1, 0.15) is 22.5 Å². The van der Waals surface area contributed by atoms with Gasteiger partial charge in [0.05, 0.1) is 5.69 Å². The fourth-order valence-electron chi connectivity index (χ4n) is 2.98. The van der Waals surface area contributed by atoms with Crippen LogP contribution >= 0.6 is 0 Å². The minimum atomic E-state index is -0.455. The number of aryl methyl sites for hydroxylation is 2. The molecule has 1 N–H and O–H groups in total. The molecule has 2 aromatic rings. The molecule has 1 fully saturated rings. The van der Waals surface area contributed by atoms with Crippen LogP contribution < -0.4 is 5.32 Å². The van der Waals surface area contributed by atoms with E-state index in [2.05, 4.69) is 16.6 Å². The molecule has 0 aliphatic carbocycles. The van der Waals surface area contributed by atoms with E-state index in [4.69, 9.17) is 5.26 Å². The fourth-order valence-corrected chi connectivity index (χ4v) is 2.98. The maximum atomic E-state index is 14.4. The van der Waals surface area contributed by atoms with E-state index in [-0.39, 0.29) is 17.5 Å². The first-order valence-electron chi connectivity index (χ1n) is 7.73. The van der Waals surface area contributed by atoms with Gasteiger partial charge in [-0.3, -0.25) is 9.48 Å². The first kappa shape index (κ1) is 16.0. The quantitative estimate of drug-likeness (QED) is 0.873. The van der Waals surface area contributed by atoms with Crippen LogP contribution in [0.3, 0.4) is 0 Å². The van der Waals surface area contributed by atoms with Gasteiger partial charge in [-0.05, 0) is 25.5 Å². The molecule has 1 aromatic heterocycles. The van der Waals surface area contributed by atoms with Gasteiger partial charge in [0.2, 0.25) is 0 Å². The molecule has 24 heavy (non-hydrogen) atoms. The molecular formula is C17H18FN5O. The Bertz CT molecular complexity index is 823. The van der Waals surface area contributed by atoms with E-state index < -0.39 is 5.82 Å². The second kappa shape index (κ2) is 6.32. The molecule has 1 amide bonds. The smallest absolute Gasteiger partial charge is 0.251 e. The van der Waals surface area contributed by atoms with Gasteiger partial charge in [0, 0.05) is 49.1 Å². The molecule has 1 aliphatic heterocycles. The summed E-state index contributed by atoms with van der Waals surface area (Å²) in [7, 11) is 1.78. The number of hydrogen-bond donors (Lipinski definition) is 1. The highest BCUT2D eigenvalue weighted by Gasteiger charge is 2.23. The maximum Gasteiger partial charge on any atom is 0.251 e. The van der Waals surface area contributed by atoms with Gasteiger partial charge in [0.1, 0.15) is 5.82 Å². The minimum absolute atomic E-state index is 0.0829. The van der Waals surface area contributed by atoms with Gasteiger partial charge in [0.15, 0.2) is 6.19 Å². The lowest BCUT2D eigenvalue weighted by atomic mass is 10.0. The number of carbonyl (C=O) groups is 1. The molecule has 1 saturated heterocycles. The molecule has 0 spiro atoms. The van der Waals surface area contributed by atoms with Crippen LogP contribution in [-0.2, 0) is 7.05 Å². The summed E-state index contributed by atoms with van der Waals surface area (Å²) in [5, 5.41) is 15.9. The number of nitrogens with zero attached hydrogens (tertiary/aromatic N) is 4. The van der Waals surface area contributed by atoms with Gasteiger partial charge in [0.25, 0.3) is 5.91 Å². The second-order valence-corrected chi connectivity index (χ2v) is 6.00. The first-order chi connectivity index (χ1) is 11.5. The number of amides is 1. The summed E-state index contributed by atoms with van der Waals surface area (Å²) in [4.78, 5) is 13.9. The van der Waals surface area contributed by atoms with Crippen molar-refractivity contribution in [1.82, 2.24) is 20.0 Å². The third-order valence-corrected chi connectivity index (χ3v) is 4.20. The predicted molar refractivity (Wildman–Crippen MR) is 86.4 cm³/mol. The Morgan fingerprint density at radius 1 is 1.46 bits per heavy atom. The van der Waals surface area contributed by atoms with E-state index in [1.165, 1.54) is 6.07 Å². The monoisotopic (exact) mass is 327 g/mol. The van der Waals surface area contributed by atoms with Crippen molar-refractivity contribution in [3.05, 3.63) is 41.5 Å². The molecule has 0 saturated carbocycles. The molecule has 6 nitrogen and oxygen atoms in total. The molecule has 3 rings (SSSR count). The van der Waals surface area contributed by atoms with Gasteiger partial charge in [-0.15, -0.1) is 0 Å². The molecule has 0 bridgehead atoms. The number of nitriles is 1. The van der Waals surface area contributed by atoms with Crippen molar-refractivity contribution < 1.29 is 9.18 Å². The van der Waals surface area contributed by atoms with E-state index in [1.807, 2.05) is 6.92 Å². The summed E-state index contributed by atoms with van der Waals surface area (Å²) in [6, 6.07) is 4.37. The summed E-state index contributed by atoms with van der Waals surface area (Å²) in [5.41, 5.74) is 2.14. The molecule has 2 heterocycles. The van der Waals surface area contributed by atoms with Crippen molar-refractivity contribution in [3.63, 3.8) is 0 Å². The molecule has 1 aromatic carbocycles. The van der Waals surface area contributed by atoms with Crippen LogP contribution in [0.2, 0.25) is 0 Å². The Hall–Kier alpha value is -2.88. The highest BCUT2D eigenvalue weighted by Crippen LogP contribution is 2.26. The lowest BCUT2D eigenvalue weighted by molar-refractivity contribution is 0.0938. The molecule has 0 radical (unpaired) electrons. The van der Waals surface area contributed by atoms with Crippen LogP contribution in [0.4, 0.5) is 4.39 Å². The van der Waals surface area contributed by atoms with Crippen molar-refractivity contribution in [2.24, 2.45) is 7.05 Å². The molecule has 124 valence electrons. The van der Waals surface area contributed by atoms with E-state index in [1.54, 1.807) is 35.0 Å². The summed E-state index contributed by atoms with van der Waals surface area (Å²) < 4.78 is 16.1. The number of likely N-dealkylation sites (tertiary alicyclic amines) is 1. The number of aromatic nitrogens is 2. The second-order valence-electron chi connectivity index (χ2n) is 6.00. The minimum Gasteiger partial charge on any atom is -0.347 e. The highest BCUT2D eigenvalue weighted by atomic mass is 19.1. The lowest BCUT2D eigenvalue weighted by Crippen LogP contribution is -2.36. The predicted octanol–water partition coefficient (Wildman–Crippen LogP) is 1.82. The molecule has 0 unspecified atom stereocenters. The molecule has 1 atom stereocenters. The zero-order valence-electron chi connectivity index (χ0n) is 13.6. The normalized spacial score (nSPS) is 16.9. The maximum absolute atomic E-state index is 14.4. The summed E-state index contributed by atoms with van der Waals surface area (Å²) in [6.45, 7) is 2.95. The zero-order chi connectivity index (χ0) is 17.3. The highest BCUT2D eigenvalue weighted by molar-refractivity contribution is 5.95. The number of rotatable bonds is 3. The Kier molecular flexibility index (Phi) is 4.21.